The third-order valence-corrected chi connectivity index (χ3v) is 4.42. The fourth-order valence-electron chi connectivity index (χ4n) is 3.20. The van der Waals surface area contributed by atoms with Crippen LogP contribution in [0.1, 0.15) is 25.8 Å². The zero-order valence-corrected chi connectivity index (χ0v) is 13.7. The molecule has 0 spiro atoms. The fourth-order valence-corrected chi connectivity index (χ4v) is 3.20. The predicted octanol–water partition coefficient (Wildman–Crippen LogP) is 1.59. The van der Waals surface area contributed by atoms with Crippen molar-refractivity contribution < 1.29 is 14.7 Å². The van der Waals surface area contributed by atoms with Crippen LogP contribution in [0.4, 0.5) is 0 Å². The lowest BCUT2D eigenvalue weighted by molar-refractivity contribution is -0.155. The summed E-state index contributed by atoms with van der Waals surface area (Å²) in [5, 5.41) is 13.5. The molecule has 124 valence electrons. The van der Waals surface area contributed by atoms with Crippen LogP contribution in [0.2, 0.25) is 0 Å². The maximum atomic E-state index is 12.7. The van der Waals surface area contributed by atoms with Gasteiger partial charge in [0, 0.05) is 39.1 Å². The molecular weight excluding hydrogens is 294 g/mol. The van der Waals surface area contributed by atoms with E-state index in [9.17, 15) is 9.90 Å². The largest absolute Gasteiger partial charge is 0.508 e. The lowest BCUT2D eigenvalue weighted by atomic mass is 9.98. The molecule has 1 fully saturated rings. The summed E-state index contributed by atoms with van der Waals surface area (Å²) >= 11 is 0. The van der Waals surface area contributed by atoms with Crippen LogP contribution >= 0.6 is 0 Å². The Morgan fingerprint density at radius 3 is 2.70 bits per heavy atom. The van der Waals surface area contributed by atoms with Crippen LogP contribution in [0.3, 0.4) is 0 Å². The quantitative estimate of drug-likeness (QED) is 0.919. The Hall–Kier alpha value is -2.08. The number of rotatable bonds is 3. The summed E-state index contributed by atoms with van der Waals surface area (Å²) in [5.41, 5.74) is 1.11. The molecule has 0 bridgehead atoms. The summed E-state index contributed by atoms with van der Waals surface area (Å²) in [5.74, 6) is 0.313. The molecule has 3 rings (SSSR count). The topological polar surface area (TPSA) is 65.4 Å². The molecule has 1 amide bonds. The molecule has 1 atom stereocenters. The number of aromatic hydroxyl groups is 1. The van der Waals surface area contributed by atoms with Gasteiger partial charge in [0.15, 0.2) is 0 Å². The molecule has 2 aliphatic heterocycles. The molecule has 0 aliphatic carbocycles. The molecule has 1 saturated heterocycles. The van der Waals surface area contributed by atoms with Gasteiger partial charge in [0.2, 0.25) is 5.60 Å². The summed E-state index contributed by atoms with van der Waals surface area (Å²) in [6.07, 6.45) is 0.565. The molecule has 1 aromatic rings. The van der Waals surface area contributed by atoms with Gasteiger partial charge < -0.3 is 14.8 Å². The van der Waals surface area contributed by atoms with Gasteiger partial charge in [-0.05, 0) is 31.5 Å². The number of phenolic OH excluding ortho intramolecular Hbond substituents is 1. The van der Waals surface area contributed by atoms with E-state index in [1.807, 2.05) is 30.9 Å². The third-order valence-electron chi connectivity index (χ3n) is 4.42. The molecule has 0 aromatic heterocycles. The zero-order valence-electron chi connectivity index (χ0n) is 13.7. The fraction of sp³-hybridized carbons (Fsp3) is 0.529. The second kappa shape index (κ2) is 6.20. The third kappa shape index (κ3) is 3.47. The van der Waals surface area contributed by atoms with E-state index < -0.39 is 5.60 Å². The number of amides is 1. The number of piperazine rings is 1. The number of carbonyl (C=O) groups is 1. The van der Waals surface area contributed by atoms with E-state index in [-0.39, 0.29) is 11.7 Å². The number of hydrogen-bond donors (Lipinski definition) is 1. The second-order valence-corrected chi connectivity index (χ2v) is 6.56. The summed E-state index contributed by atoms with van der Waals surface area (Å²) < 4.78 is 0. The van der Waals surface area contributed by atoms with Crippen LogP contribution < -0.4 is 0 Å². The molecule has 6 heteroatoms. The minimum atomic E-state index is -0.836. The maximum absolute atomic E-state index is 12.7. The first-order chi connectivity index (χ1) is 11.0. The Bertz CT molecular complexity index is 623. The minimum absolute atomic E-state index is 0.0232. The molecule has 1 aromatic carbocycles. The summed E-state index contributed by atoms with van der Waals surface area (Å²) in [4.78, 5) is 22.2. The van der Waals surface area contributed by atoms with Crippen molar-refractivity contribution in [1.82, 2.24) is 9.80 Å². The lowest BCUT2D eigenvalue weighted by Crippen LogP contribution is -2.54. The Morgan fingerprint density at radius 1 is 1.35 bits per heavy atom. The molecule has 23 heavy (non-hydrogen) atoms. The first kappa shape index (κ1) is 15.8. The van der Waals surface area contributed by atoms with Gasteiger partial charge in [-0.2, -0.15) is 0 Å². The standard InChI is InChI=1S/C17H23N3O3/c1-13-11-17(2,23-18-13)16(22)20-8-6-19(7-9-20)12-14-4-3-5-15(21)10-14/h3-5,10,21H,6-9,11-12H2,1-2H3/t17-/m1/s1. The molecule has 0 radical (unpaired) electrons. The summed E-state index contributed by atoms with van der Waals surface area (Å²) in [6.45, 7) is 7.49. The van der Waals surface area contributed by atoms with E-state index in [1.165, 1.54) is 0 Å². The van der Waals surface area contributed by atoms with Crippen molar-refractivity contribution in [2.45, 2.75) is 32.4 Å². The number of benzene rings is 1. The van der Waals surface area contributed by atoms with Gasteiger partial charge >= 0.3 is 0 Å². The molecule has 6 nitrogen and oxygen atoms in total. The van der Waals surface area contributed by atoms with Gasteiger partial charge in [0.25, 0.3) is 5.91 Å². The van der Waals surface area contributed by atoms with Crippen molar-refractivity contribution in [3.8, 4) is 5.75 Å². The highest BCUT2D eigenvalue weighted by Crippen LogP contribution is 2.26. The molecule has 2 heterocycles. The van der Waals surface area contributed by atoms with Gasteiger partial charge in [-0.25, -0.2) is 0 Å². The second-order valence-electron chi connectivity index (χ2n) is 6.56. The van der Waals surface area contributed by atoms with Gasteiger partial charge in [-0.1, -0.05) is 17.3 Å². The van der Waals surface area contributed by atoms with Gasteiger partial charge in [0.05, 0.1) is 5.71 Å². The van der Waals surface area contributed by atoms with Gasteiger partial charge in [-0.15, -0.1) is 0 Å². The Kier molecular flexibility index (Phi) is 4.26. The number of carbonyl (C=O) groups excluding carboxylic acids is 1. The van der Waals surface area contributed by atoms with Crippen molar-refractivity contribution in [1.29, 1.82) is 0 Å². The average Bonchev–Trinajstić information content (AvgIpc) is 2.88. The van der Waals surface area contributed by atoms with Crippen LogP contribution in [0.15, 0.2) is 29.4 Å². The molecule has 0 saturated carbocycles. The van der Waals surface area contributed by atoms with E-state index in [0.717, 1.165) is 30.9 Å². The van der Waals surface area contributed by atoms with Crippen molar-refractivity contribution in [3.63, 3.8) is 0 Å². The zero-order chi connectivity index (χ0) is 16.4. The van der Waals surface area contributed by atoms with Crippen LogP contribution in [0, 0.1) is 0 Å². The van der Waals surface area contributed by atoms with Crippen molar-refractivity contribution in [3.05, 3.63) is 29.8 Å². The van der Waals surface area contributed by atoms with E-state index in [1.54, 1.807) is 12.1 Å². The highest BCUT2D eigenvalue weighted by atomic mass is 16.7. The van der Waals surface area contributed by atoms with Gasteiger partial charge in [0.1, 0.15) is 5.75 Å². The number of oxime groups is 1. The van der Waals surface area contributed by atoms with Crippen LogP contribution in [-0.2, 0) is 16.2 Å². The van der Waals surface area contributed by atoms with Crippen LogP contribution in [0.25, 0.3) is 0 Å². The molecule has 2 aliphatic rings. The van der Waals surface area contributed by atoms with Gasteiger partial charge in [-0.3, -0.25) is 9.69 Å². The van der Waals surface area contributed by atoms with Crippen molar-refractivity contribution in [2.24, 2.45) is 5.16 Å². The smallest absolute Gasteiger partial charge is 0.269 e. The first-order valence-corrected chi connectivity index (χ1v) is 7.97. The Morgan fingerprint density at radius 2 is 2.09 bits per heavy atom. The average molecular weight is 317 g/mol. The van der Waals surface area contributed by atoms with Crippen molar-refractivity contribution in [2.75, 3.05) is 26.2 Å². The first-order valence-electron chi connectivity index (χ1n) is 7.97. The molecule has 1 N–H and O–H groups in total. The summed E-state index contributed by atoms with van der Waals surface area (Å²) in [7, 11) is 0. The monoisotopic (exact) mass is 317 g/mol. The minimum Gasteiger partial charge on any atom is -0.508 e. The number of nitrogens with zero attached hydrogens (tertiary/aromatic N) is 3. The number of phenols is 1. The van der Waals surface area contributed by atoms with Crippen molar-refractivity contribution >= 4 is 11.6 Å². The highest BCUT2D eigenvalue weighted by Gasteiger charge is 2.43. The maximum Gasteiger partial charge on any atom is 0.269 e. The highest BCUT2D eigenvalue weighted by molar-refractivity contribution is 5.94. The number of hydrogen-bond acceptors (Lipinski definition) is 5. The van der Waals surface area contributed by atoms with E-state index in [0.29, 0.717) is 19.5 Å². The Balaban J connectivity index is 1.53. The van der Waals surface area contributed by atoms with E-state index in [2.05, 4.69) is 10.1 Å². The van der Waals surface area contributed by atoms with Crippen LogP contribution in [0.5, 0.6) is 5.75 Å². The normalized spacial score (nSPS) is 25.1. The van der Waals surface area contributed by atoms with Crippen LogP contribution in [-0.4, -0.2) is 58.3 Å². The van der Waals surface area contributed by atoms with E-state index in [4.69, 9.17) is 4.84 Å². The SMILES string of the molecule is CC1=NO[C@@](C)(C(=O)N2CCN(Cc3cccc(O)c3)CC2)C1. The van der Waals surface area contributed by atoms with E-state index >= 15 is 0 Å². The Labute approximate surface area is 136 Å². The molecular formula is C17H23N3O3. The summed E-state index contributed by atoms with van der Waals surface area (Å²) in [6, 6.07) is 7.31. The predicted molar refractivity (Wildman–Crippen MR) is 87.2 cm³/mol. The lowest BCUT2D eigenvalue weighted by Gasteiger charge is -2.37. The molecule has 0 unspecified atom stereocenters.